The molecular formula is C10H15ClF3NO. The lowest BCUT2D eigenvalue weighted by Gasteiger charge is -2.33. The summed E-state index contributed by atoms with van der Waals surface area (Å²) in [5.41, 5.74) is 0. The monoisotopic (exact) mass is 257 g/mol. The predicted molar refractivity (Wildman–Crippen MR) is 55.3 cm³/mol. The highest BCUT2D eigenvalue weighted by Gasteiger charge is 2.46. The van der Waals surface area contributed by atoms with Gasteiger partial charge in [-0.1, -0.05) is 12.8 Å². The minimum atomic E-state index is -4.24. The molecule has 0 radical (unpaired) electrons. The van der Waals surface area contributed by atoms with E-state index in [1.807, 2.05) is 0 Å². The van der Waals surface area contributed by atoms with E-state index in [-0.39, 0.29) is 6.42 Å². The summed E-state index contributed by atoms with van der Waals surface area (Å²) in [4.78, 5) is 11.3. The van der Waals surface area contributed by atoms with Gasteiger partial charge in [0.25, 0.3) is 0 Å². The van der Waals surface area contributed by atoms with Crippen LogP contribution in [0.4, 0.5) is 13.2 Å². The summed E-state index contributed by atoms with van der Waals surface area (Å²) in [6.07, 6.45) is -2.50. The minimum absolute atomic E-state index is 0.0884. The summed E-state index contributed by atoms with van der Waals surface area (Å²) < 4.78 is 38.0. The van der Waals surface area contributed by atoms with Crippen molar-refractivity contribution in [3.8, 4) is 0 Å². The molecule has 1 aliphatic rings. The van der Waals surface area contributed by atoms with Crippen molar-refractivity contribution in [3.63, 3.8) is 0 Å². The standard InChI is InChI=1S/C10H15ClF3NO/c1-6(11)9(16)15-8-5-3-2-4-7(8)10(12,13)14/h6-8H,2-5H2,1H3,(H,15,16). The first-order valence-electron chi connectivity index (χ1n) is 5.33. The van der Waals surface area contributed by atoms with Crippen LogP contribution >= 0.6 is 11.6 Å². The molecule has 1 N–H and O–H groups in total. The fourth-order valence-electron chi connectivity index (χ4n) is 1.99. The van der Waals surface area contributed by atoms with Gasteiger partial charge in [0.1, 0.15) is 5.38 Å². The Morgan fingerprint density at radius 2 is 1.94 bits per heavy atom. The molecule has 0 spiro atoms. The molecule has 1 amide bonds. The van der Waals surface area contributed by atoms with Gasteiger partial charge >= 0.3 is 6.18 Å². The first-order chi connectivity index (χ1) is 7.32. The van der Waals surface area contributed by atoms with Gasteiger partial charge in [-0.25, -0.2) is 0 Å². The minimum Gasteiger partial charge on any atom is -0.351 e. The maximum atomic E-state index is 12.7. The molecule has 2 nitrogen and oxygen atoms in total. The van der Waals surface area contributed by atoms with E-state index < -0.39 is 29.4 Å². The molecule has 6 heteroatoms. The number of carbonyl (C=O) groups is 1. The molecule has 3 atom stereocenters. The molecule has 1 aliphatic carbocycles. The summed E-state index contributed by atoms with van der Waals surface area (Å²) in [6, 6.07) is -0.817. The number of hydrogen-bond donors (Lipinski definition) is 1. The van der Waals surface area contributed by atoms with E-state index in [0.717, 1.165) is 0 Å². The van der Waals surface area contributed by atoms with Crippen LogP contribution in [0.1, 0.15) is 32.6 Å². The molecule has 94 valence electrons. The van der Waals surface area contributed by atoms with Crippen molar-refractivity contribution in [1.82, 2.24) is 5.32 Å². The SMILES string of the molecule is CC(Cl)C(=O)NC1CCCCC1C(F)(F)F. The first kappa shape index (κ1) is 13.6. The highest BCUT2D eigenvalue weighted by molar-refractivity contribution is 6.30. The van der Waals surface area contributed by atoms with E-state index in [0.29, 0.717) is 19.3 Å². The van der Waals surface area contributed by atoms with Crippen LogP contribution in [-0.4, -0.2) is 23.5 Å². The van der Waals surface area contributed by atoms with Gasteiger partial charge < -0.3 is 5.32 Å². The maximum absolute atomic E-state index is 12.7. The second kappa shape index (κ2) is 5.25. The smallest absolute Gasteiger partial charge is 0.351 e. The zero-order valence-electron chi connectivity index (χ0n) is 8.98. The lowest BCUT2D eigenvalue weighted by molar-refractivity contribution is -0.189. The molecule has 3 unspecified atom stereocenters. The fourth-order valence-corrected chi connectivity index (χ4v) is 2.06. The quantitative estimate of drug-likeness (QED) is 0.758. The zero-order chi connectivity index (χ0) is 12.3. The van der Waals surface area contributed by atoms with Crippen molar-refractivity contribution in [2.75, 3.05) is 0 Å². The van der Waals surface area contributed by atoms with Crippen LogP contribution in [0.2, 0.25) is 0 Å². The van der Waals surface area contributed by atoms with E-state index in [4.69, 9.17) is 11.6 Å². The third-order valence-electron chi connectivity index (χ3n) is 2.88. The molecule has 0 aliphatic heterocycles. The van der Waals surface area contributed by atoms with Crippen LogP contribution in [0.5, 0.6) is 0 Å². The second-order valence-electron chi connectivity index (χ2n) is 4.16. The topological polar surface area (TPSA) is 29.1 Å². The number of halogens is 4. The van der Waals surface area contributed by atoms with Crippen LogP contribution in [-0.2, 0) is 4.79 Å². The molecule has 16 heavy (non-hydrogen) atoms. The van der Waals surface area contributed by atoms with Crippen LogP contribution in [0.3, 0.4) is 0 Å². The van der Waals surface area contributed by atoms with Crippen molar-refractivity contribution >= 4 is 17.5 Å². The molecule has 0 aromatic rings. The van der Waals surface area contributed by atoms with E-state index in [1.54, 1.807) is 0 Å². The number of alkyl halides is 4. The van der Waals surface area contributed by atoms with Crippen molar-refractivity contribution in [1.29, 1.82) is 0 Å². The fraction of sp³-hybridized carbons (Fsp3) is 0.900. The average Bonchev–Trinajstić information content (AvgIpc) is 2.16. The van der Waals surface area contributed by atoms with E-state index in [1.165, 1.54) is 6.92 Å². The van der Waals surface area contributed by atoms with Crippen molar-refractivity contribution in [3.05, 3.63) is 0 Å². The Balaban J connectivity index is 2.64. The van der Waals surface area contributed by atoms with Gasteiger partial charge in [0, 0.05) is 6.04 Å². The third kappa shape index (κ3) is 3.54. The molecule has 0 saturated heterocycles. The van der Waals surface area contributed by atoms with Crippen molar-refractivity contribution < 1.29 is 18.0 Å². The summed E-state index contributed by atoms with van der Waals surface area (Å²) in [6.45, 7) is 1.45. The Bertz CT molecular complexity index is 255. The molecule has 1 saturated carbocycles. The highest BCUT2D eigenvalue weighted by Crippen LogP contribution is 2.37. The first-order valence-corrected chi connectivity index (χ1v) is 5.77. The molecular weight excluding hydrogens is 243 g/mol. The largest absolute Gasteiger partial charge is 0.393 e. The van der Waals surface area contributed by atoms with Gasteiger partial charge in [0.05, 0.1) is 5.92 Å². The summed E-state index contributed by atoms with van der Waals surface area (Å²) in [5.74, 6) is -1.96. The number of carbonyl (C=O) groups excluding carboxylic acids is 1. The predicted octanol–water partition coefficient (Wildman–Crippen LogP) is 2.85. The normalized spacial score (nSPS) is 28.6. The number of nitrogens with one attached hydrogen (secondary N) is 1. The number of amides is 1. The maximum Gasteiger partial charge on any atom is 0.393 e. The summed E-state index contributed by atoms with van der Waals surface area (Å²) >= 11 is 5.52. The van der Waals surface area contributed by atoms with Crippen LogP contribution in [0.15, 0.2) is 0 Å². The third-order valence-corrected chi connectivity index (χ3v) is 3.07. The highest BCUT2D eigenvalue weighted by atomic mass is 35.5. The summed E-state index contributed by atoms with van der Waals surface area (Å²) in [7, 11) is 0. The van der Waals surface area contributed by atoms with Crippen molar-refractivity contribution in [2.24, 2.45) is 5.92 Å². The molecule has 1 rings (SSSR count). The van der Waals surface area contributed by atoms with Gasteiger partial charge in [0.15, 0.2) is 0 Å². The molecule has 1 fully saturated rings. The Morgan fingerprint density at radius 3 is 2.44 bits per heavy atom. The van der Waals surface area contributed by atoms with E-state index >= 15 is 0 Å². The Morgan fingerprint density at radius 1 is 1.38 bits per heavy atom. The average molecular weight is 258 g/mol. The van der Waals surface area contributed by atoms with Crippen LogP contribution < -0.4 is 5.32 Å². The van der Waals surface area contributed by atoms with E-state index in [9.17, 15) is 18.0 Å². The lowest BCUT2D eigenvalue weighted by atomic mass is 9.84. The van der Waals surface area contributed by atoms with Gasteiger partial charge in [-0.05, 0) is 19.8 Å². The molecule has 0 aromatic heterocycles. The van der Waals surface area contributed by atoms with Crippen LogP contribution in [0, 0.1) is 5.92 Å². The molecule has 0 bridgehead atoms. The Labute approximate surface area is 97.5 Å². The summed E-state index contributed by atoms with van der Waals surface area (Å²) in [5, 5.41) is 1.59. The van der Waals surface area contributed by atoms with Gasteiger partial charge in [0.2, 0.25) is 5.91 Å². The van der Waals surface area contributed by atoms with E-state index in [2.05, 4.69) is 5.32 Å². The van der Waals surface area contributed by atoms with Gasteiger partial charge in [-0.15, -0.1) is 11.6 Å². The van der Waals surface area contributed by atoms with Gasteiger partial charge in [-0.2, -0.15) is 13.2 Å². The number of rotatable bonds is 2. The Hall–Kier alpha value is -0.450. The molecule has 0 heterocycles. The van der Waals surface area contributed by atoms with Gasteiger partial charge in [-0.3, -0.25) is 4.79 Å². The number of hydrogen-bond acceptors (Lipinski definition) is 1. The molecule has 0 aromatic carbocycles. The Kier molecular flexibility index (Phi) is 4.47. The zero-order valence-corrected chi connectivity index (χ0v) is 9.74. The second-order valence-corrected chi connectivity index (χ2v) is 4.82. The van der Waals surface area contributed by atoms with Crippen LogP contribution in [0.25, 0.3) is 0 Å². The van der Waals surface area contributed by atoms with Crippen molar-refractivity contribution in [2.45, 2.75) is 50.2 Å². The lowest BCUT2D eigenvalue weighted by Crippen LogP contribution is -2.49.